The summed E-state index contributed by atoms with van der Waals surface area (Å²) in [5.41, 5.74) is 4.20. The summed E-state index contributed by atoms with van der Waals surface area (Å²) in [7, 11) is 0. The van der Waals surface area contributed by atoms with Gasteiger partial charge < -0.3 is 9.64 Å². The van der Waals surface area contributed by atoms with Gasteiger partial charge in [-0.3, -0.25) is 9.59 Å². The average Bonchev–Trinajstić information content (AvgIpc) is 3.21. The maximum atomic E-state index is 12.8. The highest BCUT2D eigenvalue weighted by molar-refractivity contribution is 6.00. The van der Waals surface area contributed by atoms with Crippen LogP contribution in [0.3, 0.4) is 0 Å². The fraction of sp³-hybridized carbons (Fsp3) is 0.286. The maximum absolute atomic E-state index is 12.8. The Hall–Kier alpha value is -3.40. The molecule has 1 aliphatic rings. The van der Waals surface area contributed by atoms with E-state index >= 15 is 0 Å². The molecule has 164 valence electrons. The highest BCUT2D eigenvalue weighted by Gasteiger charge is 2.37. The Bertz CT molecular complexity index is 1100. The largest absolute Gasteiger partial charge is 0.426 e. The van der Waals surface area contributed by atoms with Gasteiger partial charge in [-0.15, -0.1) is 0 Å². The van der Waals surface area contributed by atoms with Crippen LogP contribution >= 0.6 is 0 Å². The Morgan fingerprint density at radius 1 is 0.938 bits per heavy atom. The summed E-state index contributed by atoms with van der Waals surface area (Å²) in [6, 6.07) is 25.8. The molecule has 4 nitrogen and oxygen atoms in total. The number of rotatable bonds is 6. The summed E-state index contributed by atoms with van der Waals surface area (Å²) >= 11 is 0. The van der Waals surface area contributed by atoms with Crippen molar-refractivity contribution in [3.63, 3.8) is 0 Å². The van der Waals surface area contributed by atoms with Crippen molar-refractivity contribution >= 4 is 17.6 Å². The number of amides is 1. The van der Waals surface area contributed by atoms with Crippen molar-refractivity contribution < 1.29 is 14.3 Å². The van der Waals surface area contributed by atoms with E-state index in [4.69, 9.17) is 4.74 Å². The van der Waals surface area contributed by atoms with E-state index in [0.717, 1.165) is 23.2 Å². The molecular weight excluding hydrogens is 398 g/mol. The van der Waals surface area contributed by atoms with Crippen LogP contribution in [0, 0.1) is 5.92 Å². The number of esters is 1. The first kappa shape index (κ1) is 21.8. The molecule has 0 unspecified atom stereocenters. The minimum Gasteiger partial charge on any atom is -0.426 e. The minimum absolute atomic E-state index is 0.0344. The molecule has 0 radical (unpaired) electrons. The van der Waals surface area contributed by atoms with E-state index in [2.05, 4.69) is 32.9 Å². The molecule has 4 rings (SSSR count). The van der Waals surface area contributed by atoms with E-state index in [1.807, 2.05) is 66.7 Å². The van der Waals surface area contributed by atoms with Crippen molar-refractivity contribution in [2.24, 2.45) is 5.92 Å². The van der Waals surface area contributed by atoms with Crippen LogP contribution in [-0.4, -0.2) is 18.4 Å². The first-order chi connectivity index (χ1) is 15.4. The number of ether oxygens (including phenoxy) is 1. The predicted molar refractivity (Wildman–Crippen MR) is 127 cm³/mol. The second kappa shape index (κ2) is 8.99. The van der Waals surface area contributed by atoms with Crippen LogP contribution in [0.4, 0.5) is 5.69 Å². The molecule has 0 bridgehead atoms. The zero-order valence-corrected chi connectivity index (χ0v) is 18.9. The van der Waals surface area contributed by atoms with Gasteiger partial charge in [-0.25, -0.2) is 0 Å². The summed E-state index contributed by atoms with van der Waals surface area (Å²) in [6.07, 6.45) is 1.01. The van der Waals surface area contributed by atoms with Gasteiger partial charge in [0.15, 0.2) is 0 Å². The quantitative estimate of drug-likeness (QED) is 0.384. The molecule has 0 aromatic heterocycles. The summed E-state index contributed by atoms with van der Waals surface area (Å²) in [4.78, 5) is 27.1. The summed E-state index contributed by atoms with van der Waals surface area (Å²) in [5.74, 6) is -0.354. The molecule has 1 atom stereocenters. The second-order valence-corrected chi connectivity index (χ2v) is 8.82. The number of anilines is 1. The van der Waals surface area contributed by atoms with Gasteiger partial charge in [0, 0.05) is 24.1 Å². The molecule has 0 aliphatic carbocycles. The first-order valence-corrected chi connectivity index (χ1v) is 11.2. The lowest BCUT2D eigenvalue weighted by molar-refractivity contribution is -0.139. The van der Waals surface area contributed by atoms with Crippen LogP contribution in [0.15, 0.2) is 78.9 Å². The lowest BCUT2D eigenvalue weighted by Crippen LogP contribution is -2.28. The Morgan fingerprint density at radius 3 is 2.25 bits per heavy atom. The van der Waals surface area contributed by atoms with Crippen molar-refractivity contribution in [1.82, 2.24) is 0 Å². The van der Waals surface area contributed by atoms with Gasteiger partial charge in [0.25, 0.3) is 0 Å². The number of aryl methyl sites for hydroxylation is 1. The van der Waals surface area contributed by atoms with Gasteiger partial charge in [-0.2, -0.15) is 0 Å². The molecule has 3 aromatic rings. The van der Waals surface area contributed by atoms with Gasteiger partial charge in [-0.1, -0.05) is 81.4 Å². The molecule has 1 saturated heterocycles. The summed E-state index contributed by atoms with van der Waals surface area (Å²) in [5, 5.41) is 0. The van der Waals surface area contributed by atoms with Crippen LogP contribution in [-0.2, 0) is 21.4 Å². The number of hydrogen-bond acceptors (Lipinski definition) is 3. The van der Waals surface area contributed by atoms with E-state index in [0.29, 0.717) is 12.3 Å². The highest BCUT2D eigenvalue weighted by atomic mass is 16.5. The number of para-hydroxylation sites is 1. The molecule has 1 aliphatic heterocycles. The molecule has 1 fully saturated rings. The van der Waals surface area contributed by atoms with Gasteiger partial charge in [0.1, 0.15) is 5.75 Å². The third-order valence-corrected chi connectivity index (χ3v) is 6.41. The van der Waals surface area contributed by atoms with Crippen LogP contribution in [0.1, 0.15) is 43.9 Å². The van der Waals surface area contributed by atoms with Crippen LogP contribution in [0.5, 0.6) is 5.75 Å². The average molecular weight is 428 g/mol. The number of hydrogen-bond donors (Lipinski definition) is 0. The normalized spacial score (nSPS) is 16.3. The minimum atomic E-state index is -0.465. The molecular formula is C28H29NO3. The van der Waals surface area contributed by atoms with Gasteiger partial charge >= 0.3 is 5.97 Å². The standard InChI is InChI=1S/C28H29NO3/c1-4-20-10-8-9-13-25(20)29-19-21(18-26(29)30)27(31)32-24-16-14-23(15-17-24)28(2,3)22-11-6-5-7-12-22/h5-17,21H,4,18-19H2,1-3H3/t21-/m1/s1. The van der Waals surface area contributed by atoms with E-state index in [-0.39, 0.29) is 23.7 Å². The van der Waals surface area contributed by atoms with Crippen LogP contribution in [0.2, 0.25) is 0 Å². The Labute approximate surface area is 189 Å². The number of nitrogens with zero attached hydrogens (tertiary/aromatic N) is 1. The molecule has 32 heavy (non-hydrogen) atoms. The van der Waals surface area contributed by atoms with Crippen molar-refractivity contribution in [3.05, 3.63) is 95.6 Å². The Balaban J connectivity index is 1.44. The van der Waals surface area contributed by atoms with E-state index in [1.54, 1.807) is 4.90 Å². The highest BCUT2D eigenvalue weighted by Crippen LogP contribution is 2.33. The van der Waals surface area contributed by atoms with E-state index in [1.165, 1.54) is 5.56 Å². The number of benzene rings is 3. The number of carbonyl (C=O) groups excluding carboxylic acids is 2. The molecule has 0 spiro atoms. The fourth-order valence-electron chi connectivity index (χ4n) is 4.33. The van der Waals surface area contributed by atoms with Crippen molar-refractivity contribution in [3.8, 4) is 5.75 Å². The zero-order valence-electron chi connectivity index (χ0n) is 18.9. The van der Waals surface area contributed by atoms with E-state index in [9.17, 15) is 9.59 Å². The van der Waals surface area contributed by atoms with Crippen LogP contribution < -0.4 is 9.64 Å². The third-order valence-electron chi connectivity index (χ3n) is 6.41. The zero-order chi connectivity index (χ0) is 22.7. The smallest absolute Gasteiger partial charge is 0.316 e. The SMILES string of the molecule is CCc1ccccc1N1C[C@H](C(=O)Oc2ccc(C(C)(C)c3ccccc3)cc2)CC1=O. The topological polar surface area (TPSA) is 46.6 Å². The number of carbonyl (C=O) groups is 2. The molecule has 1 amide bonds. The second-order valence-electron chi connectivity index (χ2n) is 8.82. The molecule has 3 aromatic carbocycles. The summed E-state index contributed by atoms with van der Waals surface area (Å²) < 4.78 is 5.64. The lowest BCUT2D eigenvalue weighted by atomic mass is 9.78. The predicted octanol–water partition coefficient (Wildman–Crippen LogP) is 5.53. The first-order valence-electron chi connectivity index (χ1n) is 11.2. The van der Waals surface area contributed by atoms with Gasteiger partial charge in [-0.05, 0) is 41.3 Å². The van der Waals surface area contributed by atoms with Gasteiger partial charge in [0.2, 0.25) is 5.91 Å². The molecule has 4 heteroatoms. The van der Waals surface area contributed by atoms with Crippen molar-refractivity contribution in [2.75, 3.05) is 11.4 Å². The van der Waals surface area contributed by atoms with Crippen LogP contribution in [0.25, 0.3) is 0 Å². The molecule has 1 heterocycles. The van der Waals surface area contributed by atoms with Crippen molar-refractivity contribution in [1.29, 1.82) is 0 Å². The molecule has 0 saturated carbocycles. The third kappa shape index (κ3) is 4.31. The Kier molecular flexibility index (Phi) is 6.13. The van der Waals surface area contributed by atoms with E-state index < -0.39 is 5.92 Å². The summed E-state index contributed by atoms with van der Waals surface area (Å²) in [6.45, 7) is 6.77. The lowest BCUT2D eigenvalue weighted by Gasteiger charge is -2.26. The Morgan fingerprint density at radius 2 is 1.56 bits per heavy atom. The van der Waals surface area contributed by atoms with Crippen molar-refractivity contribution in [2.45, 2.75) is 39.0 Å². The maximum Gasteiger partial charge on any atom is 0.316 e. The van der Waals surface area contributed by atoms with Gasteiger partial charge in [0.05, 0.1) is 5.92 Å². The molecule has 0 N–H and O–H groups in total. The fourth-order valence-corrected chi connectivity index (χ4v) is 4.33. The monoisotopic (exact) mass is 427 g/mol.